The van der Waals surface area contributed by atoms with Crippen molar-refractivity contribution in [1.82, 2.24) is 8.61 Å². The van der Waals surface area contributed by atoms with Gasteiger partial charge in [0.2, 0.25) is 26.0 Å². The molecular formula is C23H31N3O5S2. The first-order valence-electron chi connectivity index (χ1n) is 10.8. The summed E-state index contributed by atoms with van der Waals surface area (Å²) in [5.74, 6) is -0.856. The number of sulfonamides is 2. The van der Waals surface area contributed by atoms with Gasteiger partial charge >= 0.3 is 0 Å². The number of hydrogen-bond acceptors (Lipinski definition) is 5. The zero-order valence-corrected chi connectivity index (χ0v) is 21.3. The molecule has 1 aliphatic heterocycles. The van der Waals surface area contributed by atoms with Crippen molar-refractivity contribution in [2.24, 2.45) is 5.92 Å². The van der Waals surface area contributed by atoms with Gasteiger partial charge in [0.1, 0.15) is 0 Å². The highest BCUT2D eigenvalue weighted by Gasteiger charge is 2.34. The molecule has 0 radical (unpaired) electrons. The van der Waals surface area contributed by atoms with Crippen LogP contribution in [0.15, 0.2) is 46.2 Å². The number of hydrogen-bond donors (Lipinski definition) is 1. The van der Waals surface area contributed by atoms with E-state index in [-0.39, 0.29) is 22.2 Å². The van der Waals surface area contributed by atoms with Gasteiger partial charge in [-0.05, 0) is 68.5 Å². The third-order valence-electron chi connectivity index (χ3n) is 5.96. The van der Waals surface area contributed by atoms with E-state index in [1.165, 1.54) is 30.5 Å². The molecule has 180 valence electrons. The molecule has 8 nitrogen and oxygen atoms in total. The predicted molar refractivity (Wildman–Crippen MR) is 128 cm³/mol. The Morgan fingerprint density at radius 3 is 2.33 bits per heavy atom. The molecule has 33 heavy (non-hydrogen) atoms. The molecule has 0 aromatic heterocycles. The number of benzene rings is 2. The van der Waals surface area contributed by atoms with E-state index >= 15 is 0 Å². The molecule has 0 spiro atoms. The molecule has 1 heterocycles. The number of carbonyl (C=O) groups is 1. The zero-order valence-electron chi connectivity index (χ0n) is 19.6. The van der Waals surface area contributed by atoms with E-state index < -0.39 is 26.0 Å². The number of rotatable bonds is 6. The van der Waals surface area contributed by atoms with Gasteiger partial charge in [0.05, 0.1) is 15.7 Å². The van der Waals surface area contributed by atoms with Gasteiger partial charge in [-0.3, -0.25) is 4.79 Å². The van der Waals surface area contributed by atoms with Crippen LogP contribution in [0.3, 0.4) is 0 Å². The van der Waals surface area contributed by atoms with Gasteiger partial charge in [-0.25, -0.2) is 21.1 Å². The van der Waals surface area contributed by atoms with Crippen LogP contribution in [-0.4, -0.2) is 58.5 Å². The summed E-state index contributed by atoms with van der Waals surface area (Å²) >= 11 is 0. The monoisotopic (exact) mass is 493 g/mol. The Bertz CT molecular complexity index is 1270. The van der Waals surface area contributed by atoms with Crippen molar-refractivity contribution in [3.05, 3.63) is 53.1 Å². The minimum absolute atomic E-state index is 0.0796. The summed E-state index contributed by atoms with van der Waals surface area (Å²) in [6.07, 6.45) is 1.12. The number of anilines is 1. The second kappa shape index (κ2) is 9.54. The molecule has 0 saturated carbocycles. The van der Waals surface area contributed by atoms with Crippen molar-refractivity contribution in [2.75, 3.05) is 32.5 Å². The highest BCUT2D eigenvalue weighted by Crippen LogP contribution is 2.28. The molecule has 0 unspecified atom stereocenters. The van der Waals surface area contributed by atoms with Crippen LogP contribution in [0.1, 0.15) is 29.5 Å². The number of nitrogens with one attached hydrogen (secondary N) is 1. The van der Waals surface area contributed by atoms with Crippen LogP contribution in [0.5, 0.6) is 0 Å². The Balaban J connectivity index is 1.81. The summed E-state index contributed by atoms with van der Waals surface area (Å²) in [6, 6.07) is 9.90. The number of nitrogens with zero attached hydrogens (tertiary/aromatic N) is 2. The first-order valence-corrected chi connectivity index (χ1v) is 13.6. The lowest BCUT2D eigenvalue weighted by molar-refractivity contribution is -0.120. The average molecular weight is 494 g/mol. The van der Waals surface area contributed by atoms with Crippen molar-refractivity contribution in [1.29, 1.82) is 0 Å². The minimum atomic E-state index is -3.73. The van der Waals surface area contributed by atoms with Crippen molar-refractivity contribution in [3.63, 3.8) is 0 Å². The minimum Gasteiger partial charge on any atom is -0.326 e. The van der Waals surface area contributed by atoms with Gasteiger partial charge in [-0.15, -0.1) is 0 Å². The van der Waals surface area contributed by atoms with Gasteiger partial charge in [0.15, 0.2) is 0 Å². The fraction of sp³-hybridized carbons (Fsp3) is 0.435. The van der Waals surface area contributed by atoms with E-state index in [1.807, 2.05) is 13.0 Å². The second-order valence-corrected chi connectivity index (χ2v) is 12.8. The normalized spacial score (nSPS) is 17.8. The average Bonchev–Trinajstić information content (AvgIpc) is 2.76. The molecule has 1 atom stereocenters. The molecule has 2 aromatic rings. The molecule has 0 bridgehead atoms. The van der Waals surface area contributed by atoms with Crippen LogP contribution < -0.4 is 5.32 Å². The summed E-state index contributed by atoms with van der Waals surface area (Å²) in [5, 5.41) is 2.82. The van der Waals surface area contributed by atoms with E-state index in [0.29, 0.717) is 30.6 Å². The van der Waals surface area contributed by atoms with Crippen LogP contribution >= 0.6 is 0 Å². The van der Waals surface area contributed by atoms with E-state index in [4.69, 9.17) is 0 Å². The Labute approximate surface area is 196 Å². The first kappa shape index (κ1) is 25.4. The van der Waals surface area contributed by atoms with Crippen LogP contribution in [0, 0.1) is 26.7 Å². The number of piperidine rings is 1. The molecule has 1 aliphatic rings. The van der Waals surface area contributed by atoms with Gasteiger partial charge in [-0.1, -0.05) is 18.2 Å². The molecule has 1 amide bonds. The number of amides is 1. The van der Waals surface area contributed by atoms with Crippen molar-refractivity contribution >= 4 is 31.6 Å². The maximum atomic E-state index is 13.3. The maximum Gasteiger partial charge on any atom is 0.243 e. The third-order valence-corrected chi connectivity index (χ3v) is 9.78. The van der Waals surface area contributed by atoms with Gasteiger partial charge in [0, 0.05) is 32.9 Å². The Morgan fingerprint density at radius 1 is 1.00 bits per heavy atom. The van der Waals surface area contributed by atoms with Crippen LogP contribution in [0.4, 0.5) is 5.69 Å². The van der Waals surface area contributed by atoms with E-state index in [2.05, 4.69) is 5.32 Å². The molecule has 3 rings (SSSR count). The highest BCUT2D eigenvalue weighted by atomic mass is 32.2. The SMILES string of the molecule is Cc1ccc(C)c(S(=O)(=O)N2CCC[C@@H](C(=O)Nc3cc(S(=O)(=O)N(C)C)ccc3C)C2)c1. The molecule has 1 saturated heterocycles. The maximum absolute atomic E-state index is 13.3. The topological polar surface area (TPSA) is 104 Å². The summed E-state index contributed by atoms with van der Waals surface area (Å²) in [6.45, 7) is 5.82. The van der Waals surface area contributed by atoms with Gasteiger partial charge in [-0.2, -0.15) is 4.31 Å². The zero-order chi connectivity index (χ0) is 24.6. The molecule has 1 fully saturated rings. The molecule has 2 aromatic carbocycles. The largest absolute Gasteiger partial charge is 0.326 e. The lowest BCUT2D eigenvalue weighted by Crippen LogP contribution is -2.43. The lowest BCUT2D eigenvalue weighted by atomic mass is 9.98. The first-order chi connectivity index (χ1) is 15.3. The second-order valence-electron chi connectivity index (χ2n) is 8.72. The van der Waals surface area contributed by atoms with Crippen molar-refractivity contribution in [2.45, 2.75) is 43.4 Å². The number of aryl methyl sites for hydroxylation is 3. The van der Waals surface area contributed by atoms with E-state index in [9.17, 15) is 21.6 Å². The Morgan fingerprint density at radius 2 is 1.67 bits per heavy atom. The van der Waals surface area contributed by atoms with Crippen LogP contribution in [0.2, 0.25) is 0 Å². The predicted octanol–water partition coefficient (Wildman–Crippen LogP) is 2.90. The Kier molecular flexibility index (Phi) is 7.33. The summed E-state index contributed by atoms with van der Waals surface area (Å²) in [5.41, 5.74) is 2.64. The summed E-state index contributed by atoms with van der Waals surface area (Å²) in [7, 11) is -4.49. The highest BCUT2D eigenvalue weighted by molar-refractivity contribution is 7.89. The van der Waals surface area contributed by atoms with Crippen molar-refractivity contribution < 1.29 is 21.6 Å². The van der Waals surface area contributed by atoms with E-state index in [0.717, 1.165) is 15.4 Å². The summed E-state index contributed by atoms with van der Waals surface area (Å²) in [4.78, 5) is 13.4. The van der Waals surface area contributed by atoms with Crippen molar-refractivity contribution in [3.8, 4) is 0 Å². The van der Waals surface area contributed by atoms with E-state index in [1.54, 1.807) is 32.0 Å². The number of carbonyl (C=O) groups excluding carboxylic acids is 1. The van der Waals surface area contributed by atoms with Gasteiger partial charge in [0.25, 0.3) is 0 Å². The standard InChI is InChI=1S/C23H31N3O5S2/c1-16-8-9-18(3)22(13-16)33(30,31)26-12-6-7-19(15-26)23(27)24-21-14-20(11-10-17(21)2)32(28,29)25(4)5/h8-11,13-14,19H,6-7,12,15H2,1-5H3,(H,24,27)/t19-/m1/s1. The quantitative estimate of drug-likeness (QED) is 0.666. The molecule has 0 aliphatic carbocycles. The fourth-order valence-corrected chi connectivity index (χ4v) is 6.60. The molecule has 1 N–H and O–H groups in total. The smallest absolute Gasteiger partial charge is 0.243 e. The molecular weight excluding hydrogens is 462 g/mol. The lowest BCUT2D eigenvalue weighted by Gasteiger charge is -2.31. The Hall–Kier alpha value is -2.27. The third kappa shape index (κ3) is 5.29. The van der Waals surface area contributed by atoms with Gasteiger partial charge < -0.3 is 5.32 Å². The van der Waals surface area contributed by atoms with Crippen LogP contribution in [-0.2, 0) is 24.8 Å². The summed E-state index contributed by atoms with van der Waals surface area (Å²) < 4.78 is 54.0. The fourth-order valence-electron chi connectivity index (χ4n) is 3.84. The van der Waals surface area contributed by atoms with Crippen LogP contribution in [0.25, 0.3) is 0 Å². The molecule has 10 heteroatoms.